The third-order valence-electron chi connectivity index (χ3n) is 4.21. The van der Waals surface area contributed by atoms with Gasteiger partial charge in [-0.2, -0.15) is 15.5 Å². The van der Waals surface area contributed by atoms with Gasteiger partial charge >= 0.3 is 0 Å². The second-order valence-electron chi connectivity index (χ2n) is 6.61. The number of aromatic amines is 1. The molecule has 0 saturated heterocycles. The molecule has 3 N–H and O–H groups in total. The zero-order valence-corrected chi connectivity index (χ0v) is 16.4. The standard InChI is InChI=1S/C19H18ClFN6O2/c1-10(23-19(29)18-7-17(11(2)28)24-25-18)9-27-4-3-16(26-27)12-5-14(20)13(8-22)15(21)6-12/h3-7,10-11,28H,9H2,1-2H3,(H,23,29)(H,24,25)/t10-,11?/m0/s1. The number of carbonyl (C=O) groups is 1. The van der Waals surface area contributed by atoms with E-state index in [4.69, 9.17) is 16.9 Å². The SMILES string of the molecule is CC(O)c1cc(C(=O)N[C@@H](C)Cn2ccc(-c3cc(F)c(C#N)c(Cl)c3)n2)n[nH]1. The molecular weight excluding hydrogens is 399 g/mol. The van der Waals surface area contributed by atoms with Gasteiger partial charge in [0.15, 0.2) is 0 Å². The van der Waals surface area contributed by atoms with Gasteiger partial charge in [-0.25, -0.2) is 4.39 Å². The van der Waals surface area contributed by atoms with Crippen molar-refractivity contribution in [1.82, 2.24) is 25.3 Å². The molecule has 0 aliphatic rings. The number of nitrogens with zero attached hydrogens (tertiary/aromatic N) is 4. The van der Waals surface area contributed by atoms with E-state index in [0.717, 1.165) is 0 Å². The van der Waals surface area contributed by atoms with Gasteiger partial charge in [-0.1, -0.05) is 11.6 Å². The van der Waals surface area contributed by atoms with E-state index in [-0.39, 0.29) is 28.2 Å². The Kier molecular flexibility index (Phi) is 5.96. The number of halogens is 2. The van der Waals surface area contributed by atoms with Gasteiger partial charge in [-0.05, 0) is 38.1 Å². The predicted molar refractivity (Wildman–Crippen MR) is 103 cm³/mol. The Morgan fingerprint density at radius 3 is 2.83 bits per heavy atom. The summed E-state index contributed by atoms with van der Waals surface area (Å²) in [6.45, 7) is 3.74. The fourth-order valence-corrected chi connectivity index (χ4v) is 2.99. The van der Waals surface area contributed by atoms with Crippen LogP contribution in [-0.4, -0.2) is 37.0 Å². The molecule has 3 aromatic rings. The van der Waals surface area contributed by atoms with Crippen LogP contribution in [0.3, 0.4) is 0 Å². The lowest BCUT2D eigenvalue weighted by Gasteiger charge is -2.13. The van der Waals surface area contributed by atoms with Crippen LogP contribution in [0.2, 0.25) is 5.02 Å². The van der Waals surface area contributed by atoms with E-state index in [1.165, 1.54) is 18.2 Å². The molecule has 0 spiro atoms. The van der Waals surface area contributed by atoms with Crippen LogP contribution in [-0.2, 0) is 6.54 Å². The quantitative estimate of drug-likeness (QED) is 0.570. The van der Waals surface area contributed by atoms with Crippen molar-refractivity contribution in [3.63, 3.8) is 0 Å². The summed E-state index contributed by atoms with van der Waals surface area (Å²) in [5, 5.41) is 32.1. The number of hydrogen-bond acceptors (Lipinski definition) is 5. The van der Waals surface area contributed by atoms with Crippen molar-refractivity contribution in [2.45, 2.75) is 32.5 Å². The van der Waals surface area contributed by atoms with E-state index < -0.39 is 11.9 Å². The van der Waals surface area contributed by atoms with Gasteiger partial charge in [0, 0.05) is 17.8 Å². The number of benzene rings is 1. The van der Waals surface area contributed by atoms with Gasteiger partial charge in [0.05, 0.1) is 29.1 Å². The first-order valence-electron chi connectivity index (χ1n) is 8.75. The largest absolute Gasteiger partial charge is 0.387 e. The molecule has 1 amide bonds. The molecule has 0 aliphatic heterocycles. The highest BCUT2D eigenvalue weighted by Gasteiger charge is 2.16. The molecule has 10 heteroatoms. The smallest absolute Gasteiger partial charge is 0.272 e. The van der Waals surface area contributed by atoms with Gasteiger partial charge in [-0.3, -0.25) is 14.6 Å². The molecule has 2 atom stereocenters. The molecule has 0 radical (unpaired) electrons. The maximum Gasteiger partial charge on any atom is 0.272 e. The summed E-state index contributed by atoms with van der Waals surface area (Å²) in [6.07, 6.45) is 0.951. The third-order valence-corrected chi connectivity index (χ3v) is 4.51. The molecule has 1 aromatic carbocycles. The Bertz CT molecular complexity index is 1060. The Labute approximate surface area is 170 Å². The average Bonchev–Trinajstić information content (AvgIpc) is 3.31. The van der Waals surface area contributed by atoms with Crippen LogP contribution in [0.5, 0.6) is 0 Å². The van der Waals surface area contributed by atoms with Crippen molar-refractivity contribution < 1.29 is 14.3 Å². The van der Waals surface area contributed by atoms with Crippen molar-refractivity contribution in [3.8, 4) is 17.3 Å². The summed E-state index contributed by atoms with van der Waals surface area (Å²) in [7, 11) is 0. The zero-order valence-electron chi connectivity index (χ0n) is 15.6. The van der Waals surface area contributed by atoms with Crippen LogP contribution in [0.15, 0.2) is 30.5 Å². The fourth-order valence-electron chi connectivity index (χ4n) is 2.74. The number of aromatic nitrogens is 4. The molecule has 8 nitrogen and oxygen atoms in total. The molecule has 1 unspecified atom stereocenters. The molecule has 2 aromatic heterocycles. The average molecular weight is 417 g/mol. The number of aliphatic hydroxyl groups excluding tert-OH is 1. The maximum atomic E-state index is 14.0. The maximum absolute atomic E-state index is 14.0. The van der Waals surface area contributed by atoms with Crippen molar-refractivity contribution in [1.29, 1.82) is 5.26 Å². The lowest BCUT2D eigenvalue weighted by atomic mass is 10.1. The summed E-state index contributed by atoms with van der Waals surface area (Å²) in [4.78, 5) is 12.3. The van der Waals surface area contributed by atoms with Crippen LogP contribution in [0.4, 0.5) is 4.39 Å². The van der Waals surface area contributed by atoms with Crippen LogP contribution in [0.25, 0.3) is 11.3 Å². The Balaban J connectivity index is 1.66. The number of hydrogen-bond donors (Lipinski definition) is 3. The van der Waals surface area contributed by atoms with Gasteiger partial charge in [0.2, 0.25) is 0 Å². The normalized spacial score (nSPS) is 13.0. The number of nitriles is 1. The third kappa shape index (κ3) is 4.62. The highest BCUT2D eigenvalue weighted by molar-refractivity contribution is 6.32. The predicted octanol–water partition coefficient (Wildman–Crippen LogP) is 2.81. The molecular formula is C19H18ClFN6O2. The fraction of sp³-hybridized carbons (Fsp3) is 0.263. The van der Waals surface area contributed by atoms with E-state index >= 15 is 0 Å². The molecule has 0 bridgehead atoms. The lowest BCUT2D eigenvalue weighted by Crippen LogP contribution is -2.36. The van der Waals surface area contributed by atoms with Crippen LogP contribution in [0.1, 0.15) is 41.7 Å². The molecule has 2 heterocycles. The number of rotatable bonds is 6. The minimum Gasteiger partial charge on any atom is -0.387 e. The van der Waals surface area contributed by atoms with Crippen molar-refractivity contribution in [2.75, 3.05) is 0 Å². The second-order valence-corrected chi connectivity index (χ2v) is 7.02. The Morgan fingerprint density at radius 1 is 1.45 bits per heavy atom. The Morgan fingerprint density at radius 2 is 2.21 bits per heavy atom. The summed E-state index contributed by atoms with van der Waals surface area (Å²) < 4.78 is 15.6. The van der Waals surface area contributed by atoms with Crippen molar-refractivity contribution >= 4 is 17.5 Å². The summed E-state index contributed by atoms with van der Waals surface area (Å²) in [5.74, 6) is -1.09. The van der Waals surface area contributed by atoms with Gasteiger partial charge in [0.1, 0.15) is 23.1 Å². The van der Waals surface area contributed by atoms with Crippen LogP contribution < -0.4 is 5.32 Å². The molecule has 29 heavy (non-hydrogen) atoms. The van der Waals surface area contributed by atoms with Crippen LogP contribution in [0, 0.1) is 17.1 Å². The van der Waals surface area contributed by atoms with E-state index in [2.05, 4.69) is 20.6 Å². The molecule has 3 rings (SSSR count). The van der Waals surface area contributed by atoms with Gasteiger partial charge in [-0.15, -0.1) is 0 Å². The summed E-state index contributed by atoms with van der Waals surface area (Å²) in [5.41, 5.74) is 1.36. The minimum absolute atomic E-state index is 0.0215. The first kappa shape index (κ1) is 20.5. The molecule has 150 valence electrons. The van der Waals surface area contributed by atoms with Gasteiger partial charge in [0.25, 0.3) is 5.91 Å². The molecule has 0 fully saturated rings. The number of carbonyl (C=O) groups excluding carboxylic acids is 1. The summed E-state index contributed by atoms with van der Waals surface area (Å²) in [6, 6.07) is 7.31. The van der Waals surface area contributed by atoms with Crippen LogP contribution >= 0.6 is 11.6 Å². The van der Waals surface area contributed by atoms with Crippen molar-refractivity contribution in [2.24, 2.45) is 0 Å². The first-order chi connectivity index (χ1) is 13.8. The van der Waals surface area contributed by atoms with E-state index in [9.17, 15) is 14.3 Å². The number of H-pyrrole nitrogens is 1. The molecule has 0 aliphatic carbocycles. The number of amides is 1. The topological polar surface area (TPSA) is 120 Å². The highest BCUT2D eigenvalue weighted by Crippen LogP contribution is 2.26. The Hall–Kier alpha value is -3.22. The highest BCUT2D eigenvalue weighted by atomic mass is 35.5. The first-order valence-corrected chi connectivity index (χ1v) is 9.13. The number of nitrogens with one attached hydrogen (secondary N) is 2. The van der Waals surface area contributed by atoms with E-state index in [1.807, 2.05) is 0 Å². The minimum atomic E-state index is -0.746. The number of aliphatic hydroxyl groups is 1. The second kappa shape index (κ2) is 8.43. The molecule has 0 saturated carbocycles. The summed E-state index contributed by atoms with van der Waals surface area (Å²) >= 11 is 5.94. The van der Waals surface area contributed by atoms with Crippen molar-refractivity contribution in [3.05, 3.63) is 58.3 Å². The van der Waals surface area contributed by atoms with Gasteiger partial charge < -0.3 is 10.4 Å². The van der Waals surface area contributed by atoms with E-state index in [1.54, 1.807) is 36.9 Å². The zero-order chi connectivity index (χ0) is 21.1. The van der Waals surface area contributed by atoms with E-state index in [0.29, 0.717) is 23.5 Å². The lowest BCUT2D eigenvalue weighted by molar-refractivity contribution is 0.0931. The monoisotopic (exact) mass is 416 g/mol.